The number of benzene rings is 2. The molecule has 2 aromatic heterocycles. The van der Waals surface area contributed by atoms with Crippen molar-refractivity contribution in [2.45, 2.75) is 0 Å². The Kier molecular flexibility index (Phi) is 3.43. The Morgan fingerprint density at radius 3 is 1.46 bits per heavy atom. The minimum Gasteiger partial charge on any atom is -0.391 e. The molecule has 0 amide bonds. The lowest BCUT2D eigenvalue weighted by Crippen LogP contribution is -2.19. The molecule has 1 aliphatic heterocycles. The molecule has 10 heteroatoms. The molecular weight excluding hydrogens is 352 g/mol. The Morgan fingerprint density at radius 2 is 1.00 bits per heavy atom. The van der Waals surface area contributed by atoms with Gasteiger partial charge in [-0.3, -0.25) is 0 Å². The second-order valence-corrected chi connectivity index (χ2v) is 4.94. The van der Waals surface area contributed by atoms with E-state index in [2.05, 4.69) is 9.15 Å². The van der Waals surface area contributed by atoms with E-state index in [4.69, 9.17) is 18.3 Å². The fraction of sp³-hybridized carbons (Fsp3) is 0. The lowest BCUT2D eigenvalue weighted by molar-refractivity contribution is 0.0892. The molecule has 10 nitrogen and oxygen atoms in total. The number of carbonyl (C=O) groups excluding carboxylic acids is 2. The van der Waals surface area contributed by atoms with Gasteiger partial charge >= 0.3 is 24.0 Å². The van der Waals surface area contributed by atoms with Crippen LogP contribution in [0.4, 0.5) is 9.59 Å². The predicted molar refractivity (Wildman–Crippen MR) is 81.6 cm³/mol. The fourth-order valence-corrected chi connectivity index (χ4v) is 2.28. The Bertz CT molecular complexity index is 1150. The third kappa shape index (κ3) is 2.86. The standard InChI is InChI=1S/C16H6O10/c17-13-21-9-3-1-7-5-11(9)23-15(19)26-16(20)24-12-6-8(7)2-4-10(12)22-14(18)25-13/h1-6H. The van der Waals surface area contributed by atoms with E-state index in [1.807, 2.05) is 0 Å². The second-order valence-electron chi connectivity index (χ2n) is 4.94. The number of cyclic esters (lactones) is 2. The molecule has 5 rings (SSSR count). The van der Waals surface area contributed by atoms with Gasteiger partial charge < -0.3 is 27.5 Å². The Labute approximate surface area is 141 Å². The van der Waals surface area contributed by atoms with Gasteiger partial charge in [-0.25, -0.2) is 19.2 Å². The summed E-state index contributed by atoms with van der Waals surface area (Å²) in [5, 5.41) is 1.04. The fourth-order valence-electron chi connectivity index (χ4n) is 2.28. The Balaban J connectivity index is 2.27. The molecule has 0 saturated heterocycles. The summed E-state index contributed by atoms with van der Waals surface area (Å²) in [5.74, 6) is -3.35. The van der Waals surface area contributed by atoms with E-state index in [9.17, 15) is 19.2 Å². The smallest absolute Gasteiger partial charge is 0.391 e. The molecule has 4 aromatic rings. The molecule has 130 valence electrons. The van der Waals surface area contributed by atoms with Crippen LogP contribution in [-0.2, 0) is 4.74 Å². The first kappa shape index (κ1) is 15.4. The number of carbonyl (C=O) groups is 2. The molecule has 1 aliphatic rings. The molecule has 2 aromatic carbocycles. The monoisotopic (exact) mass is 358 g/mol. The average Bonchev–Trinajstić information content (AvgIpc) is 2.57. The zero-order chi connectivity index (χ0) is 18.3. The van der Waals surface area contributed by atoms with Crippen molar-refractivity contribution in [1.82, 2.24) is 0 Å². The summed E-state index contributed by atoms with van der Waals surface area (Å²) >= 11 is 0. The van der Waals surface area contributed by atoms with Gasteiger partial charge in [0.15, 0.2) is 22.7 Å². The maximum atomic E-state index is 11.7. The van der Waals surface area contributed by atoms with Gasteiger partial charge in [0.05, 0.1) is 0 Å². The van der Waals surface area contributed by atoms with Crippen LogP contribution in [0.1, 0.15) is 0 Å². The normalized spacial score (nSPS) is 13.2. The molecule has 6 bridgehead atoms. The third-order valence-electron chi connectivity index (χ3n) is 3.33. The summed E-state index contributed by atoms with van der Waals surface area (Å²) < 4.78 is 28.1. The van der Waals surface area contributed by atoms with Crippen molar-refractivity contribution in [2.24, 2.45) is 0 Å². The molecule has 0 radical (unpaired) electrons. The van der Waals surface area contributed by atoms with E-state index >= 15 is 0 Å². The molecule has 0 aliphatic carbocycles. The number of rotatable bonds is 0. The summed E-state index contributed by atoms with van der Waals surface area (Å²) in [7, 11) is 0. The van der Waals surface area contributed by atoms with Gasteiger partial charge in [0, 0.05) is 0 Å². The van der Waals surface area contributed by atoms with Gasteiger partial charge in [-0.1, -0.05) is 12.1 Å². The Hall–Kier alpha value is -4.08. The van der Waals surface area contributed by atoms with Crippen molar-refractivity contribution in [3.05, 3.63) is 57.6 Å². The maximum absolute atomic E-state index is 11.7. The first-order valence-electron chi connectivity index (χ1n) is 6.99. The van der Waals surface area contributed by atoms with Gasteiger partial charge in [0.25, 0.3) is 0 Å². The molecule has 0 fully saturated rings. The van der Waals surface area contributed by atoms with E-state index in [0.717, 1.165) is 0 Å². The van der Waals surface area contributed by atoms with Crippen molar-refractivity contribution in [2.75, 3.05) is 0 Å². The summed E-state index contributed by atoms with van der Waals surface area (Å²) in [6, 6.07) is 8.41. The van der Waals surface area contributed by atoms with Crippen LogP contribution in [0, 0.1) is 0 Å². The highest BCUT2D eigenvalue weighted by Crippen LogP contribution is 2.29. The van der Waals surface area contributed by atoms with Crippen LogP contribution in [0.3, 0.4) is 0 Å². The van der Waals surface area contributed by atoms with Crippen molar-refractivity contribution >= 4 is 34.2 Å². The van der Waals surface area contributed by atoms with Crippen LogP contribution in [0.2, 0.25) is 0 Å². The van der Waals surface area contributed by atoms with E-state index in [0.29, 0.717) is 10.8 Å². The maximum Gasteiger partial charge on any atom is 0.524 e. The molecular formula is C16H6O10. The van der Waals surface area contributed by atoms with E-state index in [1.54, 1.807) is 12.1 Å². The second kappa shape index (κ2) is 5.77. The first-order chi connectivity index (χ1) is 12.5. The zero-order valence-corrected chi connectivity index (χ0v) is 12.5. The average molecular weight is 358 g/mol. The van der Waals surface area contributed by atoms with Gasteiger partial charge in [-0.05, 0) is 35.0 Å². The van der Waals surface area contributed by atoms with Crippen molar-refractivity contribution in [1.29, 1.82) is 0 Å². The molecule has 0 atom stereocenters. The summed E-state index contributed by atoms with van der Waals surface area (Å²) in [6.07, 6.45) is -2.84. The highest BCUT2D eigenvalue weighted by Gasteiger charge is 2.20. The van der Waals surface area contributed by atoms with Crippen molar-refractivity contribution in [3.63, 3.8) is 0 Å². The molecule has 0 unspecified atom stereocenters. The quantitative estimate of drug-likeness (QED) is 0.335. The van der Waals surface area contributed by atoms with E-state index in [-0.39, 0.29) is 22.7 Å². The molecule has 26 heavy (non-hydrogen) atoms. The highest BCUT2D eigenvalue weighted by atomic mass is 16.8. The van der Waals surface area contributed by atoms with Gasteiger partial charge in [0.2, 0.25) is 0 Å². The van der Waals surface area contributed by atoms with E-state index in [1.165, 1.54) is 24.3 Å². The van der Waals surface area contributed by atoms with Crippen LogP contribution >= 0.6 is 0 Å². The molecule has 0 N–H and O–H groups in total. The minimum absolute atomic E-state index is 0.252. The first-order valence-corrected chi connectivity index (χ1v) is 6.99. The molecule has 3 heterocycles. The largest absolute Gasteiger partial charge is 0.524 e. The number of hydrogen-bond donors (Lipinski definition) is 0. The summed E-state index contributed by atoms with van der Waals surface area (Å²) in [4.78, 5) is 46.8. The van der Waals surface area contributed by atoms with Crippen LogP contribution < -0.4 is 21.1 Å². The third-order valence-corrected chi connectivity index (χ3v) is 3.33. The van der Waals surface area contributed by atoms with Gasteiger partial charge in [-0.15, -0.1) is 0 Å². The summed E-state index contributed by atoms with van der Waals surface area (Å²) in [5.41, 5.74) is -0.516. The topological polar surface area (TPSA) is 135 Å². The predicted octanol–water partition coefficient (Wildman–Crippen LogP) is 2.64. The Morgan fingerprint density at radius 1 is 0.538 bits per heavy atom. The van der Waals surface area contributed by atoms with Gasteiger partial charge in [0.1, 0.15) is 0 Å². The minimum atomic E-state index is -1.42. The number of hydrogen-bond acceptors (Lipinski definition) is 10. The van der Waals surface area contributed by atoms with Crippen molar-refractivity contribution in [3.8, 4) is 11.5 Å². The van der Waals surface area contributed by atoms with E-state index < -0.39 is 24.0 Å². The van der Waals surface area contributed by atoms with Crippen LogP contribution in [-0.4, -0.2) is 12.3 Å². The number of ether oxygens (including phenoxy) is 3. The summed E-state index contributed by atoms with van der Waals surface area (Å²) in [6.45, 7) is 0. The molecule has 0 spiro atoms. The van der Waals surface area contributed by atoms with Crippen LogP contribution in [0.15, 0.2) is 59.2 Å². The number of fused-ring (bicyclic) bond motifs is 6. The van der Waals surface area contributed by atoms with Crippen molar-refractivity contribution < 1.29 is 37.1 Å². The SMILES string of the molecule is O=C1OC(=O)Oc2cc3ccc2oc(=O)oc(=O)oc2ccc3cc2O1. The lowest BCUT2D eigenvalue weighted by atomic mass is 10.1. The van der Waals surface area contributed by atoms with Crippen LogP contribution in [0.5, 0.6) is 11.5 Å². The lowest BCUT2D eigenvalue weighted by Gasteiger charge is -2.04. The zero-order valence-electron chi connectivity index (χ0n) is 12.5. The van der Waals surface area contributed by atoms with Crippen LogP contribution in [0.25, 0.3) is 21.9 Å². The van der Waals surface area contributed by atoms with Gasteiger partial charge in [-0.2, -0.15) is 0 Å². The molecule has 0 saturated carbocycles. The highest BCUT2D eigenvalue weighted by molar-refractivity contribution is 5.90.